The van der Waals surface area contributed by atoms with Crippen LogP contribution in [0.4, 0.5) is 11.5 Å². The summed E-state index contributed by atoms with van der Waals surface area (Å²) in [5, 5.41) is 10.8. The first-order chi connectivity index (χ1) is 7.58. The quantitative estimate of drug-likeness (QED) is 0.572. The van der Waals surface area contributed by atoms with Gasteiger partial charge in [0.25, 0.3) is 0 Å². The third-order valence-electron chi connectivity index (χ3n) is 2.33. The van der Waals surface area contributed by atoms with Crippen molar-refractivity contribution in [3.63, 3.8) is 0 Å². The molecule has 0 atom stereocenters. The maximum atomic E-state index is 10.8. The number of nitrogens with zero attached hydrogens (tertiary/aromatic N) is 3. The van der Waals surface area contributed by atoms with Gasteiger partial charge in [0.1, 0.15) is 0 Å². The van der Waals surface area contributed by atoms with Crippen LogP contribution in [0.5, 0.6) is 5.75 Å². The molecule has 0 unspecified atom stereocenters. The lowest BCUT2D eigenvalue weighted by atomic mass is 10.3. The van der Waals surface area contributed by atoms with Crippen molar-refractivity contribution in [1.29, 1.82) is 0 Å². The third kappa shape index (κ3) is 2.21. The molecule has 1 aliphatic carbocycles. The van der Waals surface area contributed by atoms with Crippen molar-refractivity contribution in [1.82, 2.24) is 4.98 Å². The number of pyridine rings is 1. The van der Waals surface area contributed by atoms with Crippen LogP contribution in [0, 0.1) is 10.1 Å². The van der Waals surface area contributed by atoms with Crippen LogP contribution in [0.1, 0.15) is 12.8 Å². The van der Waals surface area contributed by atoms with Crippen LogP contribution in [-0.2, 0) is 0 Å². The van der Waals surface area contributed by atoms with Crippen molar-refractivity contribution in [3.05, 3.63) is 22.4 Å². The molecule has 1 aromatic rings. The summed E-state index contributed by atoms with van der Waals surface area (Å²) < 4.78 is 5.48. The van der Waals surface area contributed by atoms with Crippen LogP contribution in [0.25, 0.3) is 0 Å². The van der Waals surface area contributed by atoms with E-state index in [2.05, 4.69) is 4.98 Å². The average molecular weight is 223 g/mol. The Morgan fingerprint density at radius 3 is 2.75 bits per heavy atom. The Morgan fingerprint density at radius 1 is 1.56 bits per heavy atom. The first-order valence-corrected chi connectivity index (χ1v) is 5.06. The second-order valence-corrected chi connectivity index (χ2v) is 3.98. The molecule has 0 saturated heterocycles. The summed E-state index contributed by atoms with van der Waals surface area (Å²) in [6.45, 7) is 0. The molecular weight excluding hydrogens is 210 g/mol. The molecule has 6 nitrogen and oxygen atoms in total. The van der Waals surface area contributed by atoms with E-state index in [9.17, 15) is 10.1 Å². The smallest absolute Gasteiger partial charge is 0.406 e. The molecule has 16 heavy (non-hydrogen) atoms. The van der Waals surface area contributed by atoms with Crippen molar-refractivity contribution in [2.45, 2.75) is 18.9 Å². The molecule has 2 rings (SSSR count). The zero-order valence-electron chi connectivity index (χ0n) is 9.21. The van der Waals surface area contributed by atoms with Gasteiger partial charge in [0.05, 0.1) is 11.8 Å². The van der Waals surface area contributed by atoms with E-state index >= 15 is 0 Å². The van der Waals surface area contributed by atoms with Crippen LogP contribution in [0.3, 0.4) is 0 Å². The van der Waals surface area contributed by atoms with Crippen molar-refractivity contribution in [3.8, 4) is 5.75 Å². The summed E-state index contributed by atoms with van der Waals surface area (Å²) in [5.41, 5.74) is 0.793. The predicted octanol–water partition coefficient (Wildman–Crippen LogP) is 1.60. The molecule has 0 aromatic carbocycles. The SMILES string of the molecule is CN(C)c1cnc([N+](=O)[O-])c(OC2CC2)c1. The zero-order chi connectivity index (χ0) is 11.7. The van der Waals surface area contributed by atoms with Gasteiger partial charge in [-0.05, 0) is 22.7 Å². The predicted molar refractivity (Wildman–Crippen MR) is 58.9 cm³/mol. The van der Waals surface area contributed by atoms with Gasteiger partial charge in [-0.15, -0.1) is 0 Å². The van der Waals surface area contributed by atoms with E-state index in [-0.39, 0.29) is 17.7 Å². The van der Waals surface area contributed by atoms with Crippen LogP contribution in [-0.4, -0.2) is 30.1 Å². The summed E-state index contributed by atoms with van der Waals surface area (Å²) in [6.07, 6.45) is 3.52. The molecule has 0 radical (unpaired) electrons. The molecule has 0 N–H and O–H groups in total. The topological polar surface area (TPSA) is 68.5 Å². The fourth-order valence-corrected chi connectivity index (χ4v) is 1.26. The lowest BCUT2D eigenvalue weighted by Gasteiger charge is -2.12. The highest BCUT2D eigenvalue weighted by Gasteiger charge is 2.28. The maximum Gasteiger partial charge on any atom is 0.406 e. The molecule has 1 aromatic heterocycles. The van der Waals surface area contributed by atoms with E-state index < -0.39 is 4.92 Å². The molecule has 86 valence electrons. The molecule has 0 aliphatic heterocycles. The maximum absolute atomic E-state index is 10.8. The minimum atomic E-state index is -0.517. The van der Waals surface area contributed by atoms with E-state index in [0.717, 1.165) is 18.5 Å². The highest BCUT2D eigenvalue weighted by atomic mass is 16.6. The largest absolute Gasteiger partial charge is 0.482 e. The van der Waals surface area contributed by atoms with E-state index in [1.165, 1.54) is 6.20 Å². The van der Waals surface area contributed by atoms with Crippen molar-refractivity contribution in [2.24, 2.45) is 0 Å². The van der Waals surface area contributed by atoms with Gasteiger partial charge in [0.2, 0.25) is 5.75 Å². The number of aromatic nitrogens is 1. The van der Waals surface area contributed by atoms with E-state index in [1.807, 2.05) is 19.0 Å². The van der Waals surface area contributed by atoms with Crippen LogP contribution < -0.4 is 9.64 Å². The van der Waals surface area contributed by atoms with Crippen LogP contribution in [0.15, 0.2) is 12.3 Å². The molecule has 1 heterocycles. The van der Waals surface area contributed by atoms with Gasteiger partial charge in [-0.25, -0.2) is 0 Å². The summed E-state index contributed by atoms with van der Waals surface area (Å²) in [7, 11) is 3.70. The van der Waals surface area contributed by atoms with Gasteiger partial charge in [-0.1, -0.05) is 0 Å². The van der Waals surface area contributed by atoms with Gasteiger partial charge in [-0.3, -0.25) is 0 Å². The number of hydrogen-bond acceptors (Lipinski definition) is 5. The second-order valence-electron chi connectivity index (χ2n) is 3.98. The lowest BCUT2D eigenvalue weighted by Crippen LogP contribution is -2.10. The Labute approximate surface area is 93.0 Å². The minimum absolute atomic E-state index is 0.123. The van der Waals surface area contributed by atoms with Gasteiger partial charge >= 0.3 is 5.82 Å². The monoisotopic (exact) mass is 223 g/mol. The standard InChI is InChI=1S/C10H13N3O3/c1-12(2)7-5-9(16-8-3-4-8)10(11-6-7)13(14)15/h5-6,8H,3-4H2,1-2H3. The van der Waals surface area contributed by atoms with Gasteiger partial charge in [0, 0.05) is 20.2 Å². The summed E-state index contributed by atoms with van der Waals surface area (Å²) in [4.78, 5) is 15.9. The normalized spacial score (nSPS) is 14.6. The molecule has 0 amide bonds. The van der Waals surface area contributed by atoms with Crippen LogP contribution in [0.2, 0.25) is 0 Å². The third-order valence-corrected chi connectivity index (χ3v) is 2.33. The van der Waals surface area contributed by atoms with Crippen molar-refractivity contribution in [2.75, 3.05) is 19.0 Å². The summed E-state index contributed by atoms with van der Waals surface area (Å²) >= 11 is 0. The number of hydrogen-bond donors (Lipinski definition) is 0. The molecular formula is C10H13N3O3. The number of rotatable bonds is 4. The Morgan fingerprint density at radius 2 is 2.25 bits per heavy atom. The van der Waals surface area contributed by atoms with Gasteiger partial charge in [-0.2, -0.15) is 0 Å². The fraction of sp³-hybridized carbons (Fsp3) is 0.500. The molecule has 1 fully saturated rings. The summed E-state index contributed by atoms with van der Waals surface area (Å²) in [5.74, 6) is 0.0520. The molecule has 6 heteroatoms. The molecule has 1 aliphatic rings. The average Bonchev–Trinajstić information content (AvgIpc) is 3.01. The molecule has 0 bridgehead atoms. The Hall–Kier alpha value is -1.85. The minimum Gasteiger partial charge on any atom is -0.482 e. The number of nitro groups is 1. The van der Waals surface area contributed by atoms with Crippen molar-refractivity contribution >= 4 is 11.5 Å². The molecule has 0 spiro atoms. The molecule has 1 saturated carbocycles. The highest BCUT2D eigenvalue weighted by molar-refractivity contribution is 5.53. The number of anilines is 1. The first-order valence-electron chi connectivity index (χ1n) is 5.06. The highest BCUT2D eigenvalue weighted by Crippen LogP contribution is 2.34. The first kappa shape index (κ1) is 10.7. The fourth-order valence-electron chi connectivity index (χ4n) is 1.26. The Balaban J connectivity index is 2.33. The Bertz CT molecular complexity index is 416. The lowest BCUT2D eigenvalue weighted by molar-refractivity contribution is -0.390. The van der Waals surface area contributed by atoms with Gasteiger partial charge in [0.15, 0.2) is 6.20 Å². The zero-order valence-corrected chi connectivity index (χ0v) is 9.21. The van der Waals surface area contributed by atoms with Crippen molar-refractivity contribution < 1.29 is 9.66 Å². The van der Waals surface area contributed by atoms with E-state index in [1.54, 1.807) is 6.07 Å². The van der Waals surface area contributed by atoms with Gasteiger partial charge < -0.3 is 19.8 Å². The van der Waals surface area contributed by atoms with E-state index in [4.69, 9.17) is 4.74 Å². The van der Waals surface area contributed by atoms with Crippen LogP contribution >= 0.6 is 0 Å². The number of ether oxygens (including phenoxy) is 1. The second kappa shape index (κ2) is 3.96. The summed E-state index contributed by atoms with van der Waals surface area (Å²) in [6, 6.07) is 1.66. The Kier molecular flexibility index (Phi) is 2.64. The van der Waals surface area contributed by atoms with E-state index in [0.29, 0.717) is 0 Å².